The first kappa shape index (κ1) is 5.18. The van der Waals surface area contributed by atoms with Gasteiger partial charge in [-0.05, 0) is 11.6 Å². The first-order chi connectivity index (χ1) is 4.47. The number of hydrogen-bond donors (Lipinski definition) is 1. The van der Waals surface area contributed by atoms with Crippen molar-refractivity contribution in [3.8, 4) is 0 Å². The summed E-state index contributed by atoms with van der Waals surface area (Å²) in [7, 11) is 0. The van der Waals surface area contributed by atoms with Crippen LogP contribution in [-0.4, -0.2) is 5.75 Å². The molecule has 0 saturated heterocycles. The standard InChI is InChI=1S/C7H7NS/c1-3-8-5-7-6(1)2-4-9-7/h1-3,5,8H,4H2. The number of rotatable bonds is 0. The molecule has 0 aromatic rings. The van der Waals surface area contributed by atoms with E-state index in [1.165, 1.54) is 10.5 Å². The van der Waals surface area contributed by atoms with Gasteiger partial charge in [0.1, 0.15) is 0 Å². The number of dihydropyridines is 1. The smallest absolute Gasteiger partial charge is 0.0305 e. The molecule has 2 heteroatoms. The molecule has 0 atom stereocenters. The first-order valence-corrected chi connectivity index (χ1v) is 3.91. The summed E-state index contributed by atoms with van der Waals surface area (Å²) in [6.07, 6.45) is 8.36. The topological polar surface area (TPSA) is 12.0 Å². The number of fused-ring (bicyclic) bond motifs is 1. The first-order valence-electron chi connectivity index (χ1n) is 2.93. The minimum Gasteiger partial charge on any atom is -0.367 e. The predicted octanol–water partition coefficient (Wildman–Crippen LogP) is 1.62. The molecule has 2 heterocycles. The van der Waals surface area contributed by atoms with Crippen LogP contribution in [-0.2, 0) is 0 Å². The molecule has 0 aromatic heterocycles. The summed E-state index contributed by atoms with van der Waals surface area (Å²) in [6, 6.07) is 0. The SMILES string of the molecule is C1=CC2=CCSC2=CN1. The Bertz CT molecular complexity index is 213. The molecule has 2 aliphatic rings. The molecular formula is C7H7NS. The van der Waals surface area contributed by atoms with E-state index >= 15 is 0 Å². The Morgan fingerprint density at radius 3 is 3.44 bits per heavy atom. The van der Waals surface area contributed by atoms with Gasteiger partial charge >= 0.3 is 0 Å². The largest absolute Gasteiger partial charge is 0.367 e. The number of allylic oxidation sites excluding steroid dienone is 2. The molecule has 2 rings (SSSR count). The molecule has 0 radical (unpaired) electrons. The van der Waals surface area contributed by atoms with Crippen molar-refractivity contribution in [2.24, 2.45) is 0 Å². The molecule has 0 spiro atoms. The highest BCUT2D eigenvalue weighted by molar-refractivity contribution is 8.03. The minimum atomic E-state index is 1.13. The second-order valence-electron chi connectivity index (χ2n) is 1.98. The normalized spacial score (nSPS) is 22.2. The van der Waals surface area contributed by atoms with Crippen LogP contribution in [0.25, 0.3) is 0 Å². The molecule has 0 amide bonds. The maximum Gasteiger partial charge on any atom is 0.0305 e. The molecule has 0 aliphatic carbocycles. The highest BCUT2D eigenvalue weighted by Crippen LogP contribution is 2.32. The lowest BCUT2D eigenvalue weighted by Gasteiger charge is -2.04. The van der Waals surface area contributed by atoms with Crippen LogP contribution in [0.2, 0.25) is 0 Å². The summed E-state index contributed by atoms with van der Waals surface area (Å²) in [4.78, 5) is 1.37. The second kappa shape index (κ2) is 1.95. The Labute approximate surface area is 58.5 Å². The van der Waals surface area contributed by atoms with Gasteiger partial charge in [0.25, 0.3) is 0 Å². The van der Waals surface area contributed by atoms with E-state index in [1.807, 2.05) is 24.2 Å². The molecular weight excluding hydrogens is 130 g/mol. The quantitative estimate of drug-likeness (QED) is 0.544. The molecule has 1 nitrogen and oxygen atoms in total. The third-order valence-electron chi connectivity index (χ3n) is 1.40. The van der Waals surface area contributed by atoms with Crippen molar-refractivity contribution in [2.75, 3.05) is 5.75 Å². The van der Waals surface area contributed by atoms with Crippen molar-refractivity contribution < 1.29 is 0 Å². The van der Waals surface area contributed by atoms with Gasteiger partial charge in [0.2, 0.25) is 0 Å². The number of thioether (sulfide) groups is 1. The van der Waals surface area contributed by atoms with Gasteiger partial charge in [-0.15, -0.1) is 11.8 Å². The van der Waals surface area contributed by atoms with Crippen molar-refractivity contribution >= 4 is 11.8 Å². The monoisotopic (exact) mass is 137 g/mol. The zero-order valence-electron chi connectivity index (χ0n) is 4.92. The van der Waals surface area contributed by atoms with E-state index in [9.17, 15) is 0 Å². The summed E-state index contributed by atoms with van der Waals surface area (Å²) >= 11 is 1.88. The van der Waals surface area contributed by atoms with Crippen LogP contribution >= 0.6 is 11.8 Å². The summed E-state index contributed by atoms with van der Waals surface area (Å²) in [5.41, 5.74) is 1.37. The molecule has 0 unspecified atom stereocenters. The summed E-state index contributed by atoms with van der Waals surface area (Å²) in [6.45, 7) is 0. The van der Waals surface area contributed by atoms with Crippen LogP contribution < -0.4 is 5.32 Å². The van der Waals surface area contributed by atoms with E-state index in [0.717, 1.165) is 5.75 Å². The van der Waals surface area contributed by atoms with Crippen LogP contribution in [0.1, 0.15) is 0 Å². The summed E-state index contributed by atoms with van der Waals surface area (Å²) in [5, 5.41) is 3.05. The Balaban J connectivity index is 2.37. The van der Waals surface area contributed by atoms with E-state index in [1.54, 1.807) is 0 Å². The van der Waals surface area contributed by atoms with Crippen molar-refractivity contribution in [2.45, 2.75) is 0 Å². The fourth-order valence-corrected chi connectivity index (χ4v) is 1.85. The molecule has 1 N–H and O–H groups in total. The van der Waals surface area contributed by atoms with Gasteiger partial charge in [-0.1, -0.05) is 6.08 Å². The summed E-state index contributed by atoms with van der Waals surface area (Å²) in [5.74, 6) is 1.13. The number of nitrogens with one attached hydrogen (secondary N) is 1. The van der Waals surface area contributed by atoms with Crippen molar-refractivity contribution in [3.05, 3.63) is 35.0 Å². The van der Waals surface area contributed by atoms with E-state index in [4.69, 9.17) is 0 Å². The predicted molar refractivity (Wildman–Crippen MR) is 40.9 cm³/mol. The minimum absolute atomic E-state index is 1.13. The van der Waals surface area contributed by atoms with Crippen molar-refractivity contribution in [1.82, 2.24) is 5.32 Å². The van der Waals surface area contributed by atoms with Gasteiger partial charge in [0.15, 0.2) is 0 Å². The third-order valence-corrected chi connectivity index (χ3v) is 2.40. The Morgan fingerprint density at radius 2 is 2.56 bits per heavy atom. The lowest BCUT2D eigenvalue weighted by Crippen LogP contribution is -1.98. The lowest BCUT2D eigenvalue weighted by atomic mass is 10.2. The van der Waals surface area contributed by atoms with E-state index in [-0.39, 0.29) is 0 Å². The average Bonchev–Trinajstić information content (AvgIpc) is 2.33. The van der Waals surface area contributed by atoms with Crippen LogP contribution in [0, 0.1) is 0 Å². The van der Waals surface area contributed by atoms with E-state index in [2.05, 4.69) is 17.5 Å². The molecule has 0 fully saturated rings. The average molecular weight is 137 g/mol. The maximum atomic E-state index is 3.05. The molecule has 2 aliphatic heterocycles. The molecule has 0 saturated carbocycles. The van der Waals surface area contributed by atoms with Crippen molar-refractivity contribution in [3.63, 3.8) is 0 Å². The second-order valence-corrected chi connectivity index (χ2v) is 3.04. The highest BCUT2D eigenvalue weighted by Gasteiger charge is 2.10. The summed E-state index contributed by atoms with van der Waals surface area (Å²) < 4.78 is 0. The van der Waals surface area contributed by atoms with E-state index < -0.39 is 0 Å². The highest BCUT2D eigenvalue weighted by atomic mass is 32.2. The van der Waals surface area contributed by atoms with Crippen LogP contribution in [0.15, 0.2) is 35.0 Å². The van der Waals surface area contributed by atoms with Gasteiger partial charge in [-0.3, -0.25) is 0 Å². The molecule has 9 heavy (non-hydrogen) atoms. The fourth-order valence-electron chi connectivity index (χ4n) is 0.942. The van der Waals surface area contributed by atoms with Gasteiger partial charge < -0.3 is 5.32 Å². The molecule has 0 aromatic carbocycles. The Morgan fingerprint density at radius 1 is 1.56 bits per heavy atom. The zero-order chi connectivity index (χ0) is 6.10. The third kappa shape index (κ3) is 0.793. The lowest BCUT2D eigenvalue weighted by molar-refractivity contribution is 1.16. The molecule has 0 bridgehead atoms. The zero-order valence-corrected chi connectivity index (χ0v) is 5.74. The van der Waals surface area contributed by atoms with Gasteiger partial charge in [0.05, 0.1) is 0 Å². The van der Waals surface area contributed by atoms with Gasteiger partial charge in [0, 0.05) is 23.1 Å². The van der Waals surface area contributed by atoms with Crippen LogP contribution in [0.3, 0.4) is 0 Å². The molecule has 46 valence electrons. The van der Waals surface area contributed by atoms with Crippen molar-refractivity contribution in [1.29, 1.82) is 0 Å². The van der Waals surface area contributed by atoms with Gasteiger partial charge in [-0.2, -0.15) is 0 Å². The number of hydrogen-bond acceptors (Lipinski definition) is 2. The maximum absolute atomic E-state index is 3.05. The van der Waals surface area contributed by atoms with E-state index in [0.29, 0.717) is 0 Å². The van der Waals surface area contributed by atoms with Crippen LogP contribution in [0.4, 0.5) is 0 Å². The Kier molecular flexibility index (Phi) is 1.12. The Hall–Kier alpha value is -0.630. The fraction of sp³-hybridized carbons (Fsp3) is 0.143. The van der Waals surface area contributed by atoms with Crippen LogP contribution in [0.5, 0.6) is 0 Å². The van der Waals surface area contributed by atoms with Gasteiger partial charge in [-0.25, -0.2) is 0 Å².